The quantitative estimate of drug-likeness (QED) is 0.214. The zero-order valence-corrected chi connectivity index (χ0v) is 24.8. The molecule has 2 fully saturated rings. The fourth-order valence-electron chi connectivity index (χ4n) is 5.76. The number of hydrogen-bond donors (Lipinski definition) is 2. The van der Waals surface area contributed by atoms with E-state index in [1.165, 1.54) is 0 Å². The van der Waals surface area contributed by atoms with Gasteiger partial charge in [-0.2, -0.15) is 25.3 Å². The lowest BCUT2D eigenvalue weighted by Gasteiger charge is -2.44. The zero-order chi connectivity index (χ0) is 25.2. The van der Waals surface area contributed by atoms with Crippen LogP contribution in [0, 0.1) is 23.7 Å². The molecule has 0 aliphatic carbocycles. The monoisotopic (exact) mass is 504 g/mol. The maximum Gasteiger partial charge on any atom is 1.00 e. The molecule has 0 N–H and O–H groups in total. The molecule has 7 heteroatoms. The molecule has 0 saturated carbocycles. The van der Waals surface area contributed by atoms with Crippen molar-refractivity contribution in [2.45, 2.75) is 142 Å². The molecule has 2 heterocycles. The van der Waals surface area contributed by atoms with Gasteiger partial charge in [-0.1, -0.05) is 69.2 Å². The zero-order valence-electron chi connectivity index (χ0n) is 24.0. The third-order valence-corrected chi connectivity index (χ3v) is 8.23. The summed E-state index contributed by atoms with van der Waals surface area (Å²) < 4.78 is 27.6. The van der Waals surface area contributed by atoms with E-state index in [2.05, 4.69) is 94.5 Å². The molecule has 6 atom stereocenters. The van der Waals surface area contributed by atoms with Crippen molar-refractivity contribution in [2.24, 2.45) is 23.7 Å². The molecule has 0 radical (unpaired) electrons. The van der Waals surface area contributed by atoms with Crippen molar-refractivity contribution in [3.8, 4) is 0 Å². The summed E-state index contributed by atoms with van der Waals surface area (Å²) in [4.78, 5) is 0. The van der Waals surface area contributed by atoms with Crippen molar-refractivity contribution in [1.82, 2.24) is 0 Å². The van der Waals surface area contributed by atoms with Gasteiger partial charge in [0.1, 0.15) is 0 Å². The largest absolute Gasteiger partial charge is 1.00 e. The Labute approximate surface area is 217 Å². The lowest BCUT2D eigenvalue weighted by Crippen LogP contribution is -2.49. The Bertz CT molecular complexity index is 568. The van der Waals surface area contributed by atoms with Gasteiger partial charge >= 0.3 is 8.38 Å². The van der Waals surface area contributed by atoms with Gasteiger partial charge in [0.2, 0.25) is 0 Å². The number of thiol groups is 2. The maximum atomic E-state index is 6.99. The SMILES string of the molecule is CC(C)CC1O[B-]2(OC(CC(C)C)C(CCC(C)S)(C(C)C)O2)OC1(CCC(C)S)C(C)C.[H+]. The summed E-state index contributed by atoms with van der Waals surface area (Å²) in [7, 11) is 0. The van der Waals surface area contributed by atoms with Crippen LogP contribution in [0.25, 0.3) is 0 Å². The Kier molecular flexibility index (Phi) is 10.6. The Balaban J connectivity index is 0.00000578. The predicted octanol–water partition coefficient (Wildman–Crippen LogP) is 7.44. The van der Waals surface area contributed by atoms with Crippen LogP contribution in [0.15, 0.2) is 0 Å². The molecule has 0 amide bonds. The lowest BCUT2D eigenvalue weighted by molar-refractivity contribution is -0.0470. The first-order chi connectivity index (χ1) is 15.2. The number of rotatable bonds is 12. The standard InChI is InChI=1S/C26H52BO4S2/c1-17(2)15-23-25(19(5)6,13-11-21(9)32)30-27(28-23)29-24(16-18(3)4)26(31-27,20(7)8)14-12-22(10)33/h17-24,32-33H,11-16H2,1-10H3/q-1/p+1. The normalized spacial score (nSPS) is 36.7. The average Bonchev–Trinajstić information content (AvgIpc) is 3.12. The molecular weight excluding hydrogens is 451 g/mol. The molecule has 2 saturated heterocycles. The van der Waals surface area contributed by atoms with Gasteiger partial charge < -0.3 is 18.6 Å². The highest BCUT2D eigenvalue weighted by Crippen LogP contribution is 2.53. The van der Waals surface area contributed by atoms with Crippen molar-refractivity contribution >= 4 is 32.2 Å². The molecule has 6 unspecified atom stereocenters. The fraction of sp³-hybridized carbons (Fsp3) is 1.00. The van der Waals surface area contributed by atoms with E-state index in [9.17, 15) is 0 Å². The van der Waals surface area contributed by atoms with Crippen LogP contribution in [0.1, 0.15) is 109 Å². The van der Waals surface area contributed by atoms with Crippen LogP contribution in [0.4, 0.5) is 0 Å². The Morgan fingerprint density at radius 2 is 1.00 bits per heavy atom. The molecule has 0 bridgehead atoms. The first kappa shape index (κ1) is 29.8. The van der Waals surface area contributed by atoms with Crippen molar-refractivity contribution in [1.29, 1.82) is 0 Å². The molecular formula is C26H53BO4S2. The van der Waals surface area contributed by atoms with Gasteiger partial charge in [-0.15, -0.1) is 0 Å². The van der Waals surface area contributed by atoms with Gasteiger partial charge in [-0.25, -0.2) is 0 Å². The molecule has 1 spiro atoms. The summed E-state index contributed by atoms with van der Waals surface area (Å²) in [5.41, 5.74) is -0.874. The molecule has 33 heavy (non-hydrogen) atoms. The number of hydrogen-bond acceptors (Lipinski definition) is 6. The van der Waals surface area contributed by atoms with E-state index >= 15 is 0 Å². The van der Waals surface area contributed by atoms with Crippen LogP contribution in [0.3, 0.4) is 0 Å². The van der Waals surface area contributed by atoms with E-state index in [0.717, 1.165) is 38.5 Å². The van der Waals surface area contributed by atoms with E-state index in [0.29, 0.717) is 22.3 Å². The van der Waals surface area contributed by atoms with Crippen LogP contribution in [-0.2, 0) is 18.6 Å². The highest BCUT2D eigenvalue weighted by atomic mass is 32.1. The van der Waals surface area contributed by atoms with E-state index in [1.807, 2.05) is 0 Å². The summed E-state index contributed by atoms with van der Waals surface area (Å²) in [6.07, 6.45) is 5.44. The molecule has 2 rings (SSSR count). The molecule has 2 aliphatic heterocycles. The molecule has 0 aromatic heterocycles. The minimum absolute atomic E-state index is 0. The van der Waals surface area contributed by atoms with Crippen molar-refractivity contribution < 1.29 is 20.0 Å². The second kappa shape index (κ2) is 11.8. The van der Waals surface area contributed by atoms with Gasteiger partial charge in [0, 0.05) is 12.2 Å². The maximum absolute atomic E-state index is 6.99. The van der Waals surface area contributed by atoms with Gasteiger partial charge in [0.05, 0.1) is 11.2 Å². The van der Waals surface area contributed by atoms with Crippen molar-refractivity contribution in [2.75, 3.05) is 0 Å². The molecule has 0 aromatic rings. The smallest absolute Gasteiger partial charge is 0.514 e. The minimum atomic E-state index is -2.28. The van der Waals surface area contributed by atoms with Crippen LogP contribution in [0.5, 0.6) is 0 Å². The van der Waals surface area contributed by atoms with Crippen molar-refractivity contribution in [3.63, 3.8) is 0 Å². The van der Waals surface area contributed by atoms with Crippen LogP contribution in [-0.4, -0.2) is 40.9 Å². The second-order valence-corrected chi connectivity index (χ2v) is 14.1. The lowest BCUT2D eigenvalue weighted by atomic mass is 9.77. The summed E-state index contributed by atoms with van der Waals surface area (Å²) in [6, 6.07) is 0. The summed E-state index contributed by atoms with van der Waals surface area (Å²) in [6.45, 7) is 20.0. The topological polar surface area (TPSA) is 36.9 Å². The van der Waals surface area contributed by atoms with Crippen LogP contribution < -0.4 is 0 Å². The fourth-order valence-corrected chi connectivity index (χ4v) is 6.02. The summed E-state index contributed by atoms with van der Waals surface area (Å²) >= 11 is 9.34. The van der Waals surface area contributed by atoms with Gasteiger partial charge in [-0.3, -0.25) is 0 Å². The highest BCUT2D eigenvalue weighted by Gasteiger charge is 2.64. The first-order valence-corrected chi connectivity index (χ1v) is 14.5. The molecule has 196 valence electrons. The van der Waals surface area contributed by atoms with Crippen LogP contribution >= 0.6 is 25.3 Å². The summed E-state index contributed by atoms with van der Waals surface area (Å²) in [5.74, 6) is 1.53. The predicted molar refractivity (Wildman–Crippen MR) is 148 cm³/mol. The average molecular weight is 505 g/mol. The Morgan fingerprint density at radius 3 is 1.24 bits per heavy atom. The Morgan fingerprint density at radius 1 is 0.667 bits per heavy atom. The van der Waals surface area contributed by atoms with Crippen molar-refractivity contribution in [3.05, 3.63) is 0 Å². The van der Waals surface area contributed by atoms with E-state index in [1.54, 1.807) is 0 Å². The van der Waals surface area contributed by atoms with E-state index in [4.69, 9.17) is 18.6 Å². The molecule has 2 aliphatic rings. The first-order valence-electron chi connectivity index (χ1n) is 13.4. The van der Waals surface area contributed by atoms with Gasteiger partial charge in [0.15, 0.2) is 0 Å². The third-order valence-electron chi connectivity index (χ3n) is 7.71. The Hall–Kier alpha value is 0.605. The van der Waals surface area contributed by atoms with Gasteiger partial charge in [-0.05, 0) is 72.7 Å². The second-order valence-electron chi connectivity index (χ2n) is 12.3. The van der Waals surface area contributed by atoms with Gasteiger partial charge in [0.25, 0.3) is 0 Å². The summed E-state index contributed by atoms with van der Waals surface area (Å²) in [5, 5.41) is 0.609. The van der Waals surface area contributed by atoms with E-state index < -0.39 is 18.2 Å². The molecule has 0 aromatic carbocycles. The minimum Gasteiger partial charge on any atom is -0.514 e. The highest BCUT2D eigenvalue weighted by molar-refractivity contribution is 7.81. The van der Waals surface area contributed by atoms with E-state index in [-0.39, 0.29) is 25.5 Å². The third kappa shape index (κ3) is 6.88. The van der Waals surface area contributed by atoms with Crippen LogP contribution in [0.2, 0.25) is 0 Å². The molecule has 4 nitrogen and oxygen atoms in total.